The summed E-state index contributed by atoms with van der Waals surface area (Å²) in [5.41, 5.74) is 24.8. The molecule has 3 N–H and O–H groups in total. The molecule has 0 aromatic heterocycles. The molecular weight excluding hydrogens is 566 g/mol. The Balaban J connectivity index is 1.83. The highest BCUT2D eigenvalue weighted by Crippen LogP contribution is 2.46. The lowest BCUT2D eigenvalue weighted by Crippen LogP contribution is -2.54. The molecule has 1 amide bonds. The first kappa shape index (κ1) is 31.8. The van der Waals surface area contributed by atoms with E-state index in [4.69, 9.17) is 24.3 Å². The fourth-order valence-corrected chi connectivity index (χ4v) is 4.76. The van der Waals surface area contributed by atoms with Crippen LogP contribution in [0.15, 0.2) is 88.0 Å². The van der Waals surface area contributed by atoms with E-state index in [1.165, 1.54) is 0 Å². The van der Waals surface area contributed by atoms with Crippen LogP contribution >= 0.6 is 0 Å². The van der Waals surface area contributed by atoms with Crippen LogP contribution in [0.25, 0.3) is 20.9 Å². The van der Waals surface area contributed by atoms with Gasteiger partial charge in [0.2, 0.25) is 5.90 Å². The minimum Gasteiger partial charge on any atom is -0.494 e. The lowest BCUT2D eigenvalue weighted by molar-refractivity contribution is -0.130. The number of aliphatic imine (C=N–C) groups is 1. The van der Waals surface area contributed by atoms with Gasteiger partial charge in [-0.3, -0.25) is 10.2 Å². The molecular formula is C30H33N9O5. The number of rotatable bonds is 16. The predicted octanol–water partition coefficient (Wildman–Crippen LogP) is 5.49. The summed E-state index contributed by atoms with van der Waals surface area (Å²) < 4.78 is 17.2. The molecule has 1 aliphatic heterocycles. The molecule has 1 heterocycles. The average molecular weight is 600 g/mol. The third-order valence-corrected chi connectivity index (χ3v) is 6.86. The van der Waals surface area contributed by atoms with Gasteiger partial charge >= 0.3 is 0 Å². The summed E-state index contributed by atoms with van der Waals surface area (Å²) in [6.45, 7) is 1.31. The Bertz CT molecular complexity index is 1550. The van der Waals surface area contributed by atoms with Gasteiger partial charge in [0.05, 0.1) is 6.61 Å². The van der Waals surface area contributed by atoms with Crippen molar-refractivity contribution in [3.63, 3.8) is 0 Å². The van der Waals surface area contributed by atoms with Crippen LogP contribution in [0, 0.1) is 0 Å². The number of amides is 1. The smallest absolute Gasteiger partial charge is 0.266 e. The second-order valence-corrected chi connectivity index (χ2v) is 9.76. The van der Waals surface area contributed by atoms with Gasteiger partial charge in [-0.25, -0.2) is 10.4 Å². The molecule has 0 saturated carbocycles. The summed E-state index contributed by atoms with van der Waals surface area (Å²) in [5, 5.41) is 16.7. The number of nitrogens with one attached hydrogen (secondary N) is 2. The number of hydrazine groups is 1. The minimum atomic E-state index is -1.64. The minimum absolute atomic E-state index is 0.0189. The van der Waals surface area contributed by atoms with Crippen molar-refractivity contribution in [1.82, 2.24) is 10.9 Å². The highest BCUT2D eigenvalue weighted by Gasteiger charge is 2.54. The van der Waals surface area contributed by atoms with E-state index in [1.54, 1.807) is 79.9 Å². The van der Waals surface area contributed by atoms with Gasteiger partial charge < -0.3 is 19.3 Å². The van der Waals surface area contributed by atoms with Gasteiger partial charge in [0.15, 0.2) is 11.6 Å². The van der Waals surface area contributed by atoms with Crippen molar-refractivity contribution in [1.29, 1.82) is 0 Å². The SMILES string of the molecule is COCCCNNC(=O)[C@@]1(Cc2ccccc2N=[N+]=[N-])N=C(c2ccc(OCCCO)cc2)O[C@H]1c1ccccc1N=[N+]=[N-]. The monoisotopic (exact) mass is 599 g/mol. The zero-order valence-corrected chi connectivity index (χ0v) is 24.2. The van der Waals surface area contributed by atoms with Crippen LogP contribution in [0.3, 0.4) is 0 Å². The number of azide groups is 2. The number of carbonyl (C=O) groups is 1. The van der Waals surface area contributed by atoms with Crippen LogP contribution in [0.4, 0.5) is 11.4 Å². The van der Waals surface area contributed by atoms with Crippen LogP contribution in [-0.2, 0) is 20.7 Å². The molecule has 0 fully saturated rings. The summed E-state index contributed by atoms with van der Waals surface area (Å²) in [6.07, 6.45) is 0.0805. The second-order valence-electron chi connectivity index (χ2n) is 9.76. The van der Waals surface area contributed by atoms with Crippen molar-refractivity contribution < 1.29 is 24.1 Å². The van der Waals surface area contributed by atoms with E-state index in [9.17, 15) is 15.9 Å². The largest absolute Gasteiger partial charge is 0.494 e. The molecule has 0 aliphatic carbocycles. The molecule has 14 heteroatoms. The van der Waals surface area contributed by atoms with Crippen LogP contribution in [0.5, 0.6) is 5.75 Å². The molecule has 3 aromatic carbocycles. The molecule has 2 atom stereocenters. The van der Waals surface area contributed by atoms with Crippen LogP contribution in [-0.4, -0.2) is 55.9 Å². The molecule has 3 aromatic rings. The first-order valence-corrected chi connectivity index (χ1v) is 14.0. The molecule has 4 rings (SSSR count). The number of methoxy groups -OCH3 is 1. The quantitative estimate of drug-likeness (QED) is 0.0639. The molecule has 0 radical (unpaired) electrons. The number of nitrogens with zero attached hydrogens (tertiary/aromatic N) is 7. The Kier molecular flexibility index (Phi) is 11.5. The number of hydrogen-bond acceptors (Lipinski definition) is 9. The maximum absolute atomic E-state index is 14.3. The molecule has 44 heavy (non-hydrogen) atoms. The molecule has 14 nitrogen and oxygen atoms in total. The zero-order valence-electron chi connectivity index (χ0n) is 24.2. The maximum atomic E-state index is 14.3. The van der Waals surface area contributed by atoms with Gasteiger partial charge in [-0.15, -0.1) is 0 Å². The van der Waals surface area contributed by atoms with Gasteiger partial charge in [0.1, 0.15) is 5.75 Å². The molecule has 0 unspecified atom stereocenters. The third-order valence-electron chi connectivity index (χ3n) is 6.86. The van der Waals surface area contributed by atoms with Crippen molar-refractivity contribution in [2.45, 2.75) is 30.9 Å². The van der Waals surface area contributed by atoms with Crippen molar-refractivity contribution in [2.24, 2.45) is 15.2 Å². The molecule has 228 valence electrons. The summed E-state index contributed by atoms with van der Waals surface area (Å²) >= 11 is 0. The normalized spacial score (nSPS) is 17.0. The van der Waals surface area contributed by atoms with Crippen molar-refractivity contribution >= 4 is 23.2 Å². The van der Waals surface area contributed by atoms with E-state index in [2.05, 4.69) is 30.9 Å². The number of hydrogen-bond donors (Lipinski definition) is 3. The molecule has 0 saturated heterocycles. The Labute approximate surface area is 253 Å². The third kappa shape index (κ3) is 7.64. The lowest BCUT2D eigenvalue weighted by atomic mass is 9.81. The highest BCUT2D eigenvalue weighted by molar-refractivity contribution is 6.01. The molecule has 0 spiro atoms. The standard InChI is InChI=1S/C30H33N9O5/c1-42-18-6-16-33-37-29(41)30(20-22-8-2-4-10-25(22)35-38-31)27(24-9-3-5-11-26(24)36-39-32)44-28(34-30)21-12-14-23(15-13-21)43-19-7-17-40/h2-5,8-15,27,33,40H,6-7,16-20H2,1H3,(H,37,41)/t27-,30-/m0/s1. The van der Waals surface area contributed by atoms with E-state index in [0.29, 0.717) is 60.7 Å². The summed E-state index contributed by atoms with van der Waals surface area (Å²) in [7, 11) is 1.60. The van der Waals surface area contributed by atoms with Crippen molar-refractivity contribution in [2.75, 3.05) is 33.5 Å². The number of aliphatic hydroxyl groups excluding tert-OH is 1. The zero-order chi connectivity index (χ0) is 31.2. The van der Waals surface area contributed by atoms with Crippen molar-refractivity contribution in [3.05, 3.63) is 110 Å². The summed E-state index contributed by atoms with van der Waals surface area (Å²) in [4.78, 5) is 25.1. The first-order valence-electron chi connectivity index (χ1n) is 14.0. The van der Waals surface area contributed by atoms with E-state index < -0.39 is 17.6 Å². The van der Waals surface area contributed by atoms with Crippen molar-refractivity contribution in [3.8, 4) is 5.75 Å². The van der Waals surface area contributed by atoms with Gasteiger partial charge in [-0.2, -0.15) is 0 Å². The first-order chi connectivity index (χ1) is 21.6. The van der Waals surface area contributed by atoms with E-state index in [1.807, 2.05) is 0 Å². The number of carbonyl (C=O) groups excluding carboxylic acids is 1. The van der Waals surface area contributed by atoms with E-state index in [0.717, 1.165) is 0 Å². The fourth-order valence-electron chi connectivity index (χ4n) is 4.76. The average Bonchev–Trinajstić information content (AvgIpc) is 3.43. The molecule has 0 bridgehead atoms. The summed E-state index contributed by atoms with van der Waals surface area (Å²) in [5.74, 6) is 0.271. The van der Waals surface area contributed by atoms with Gasteiger partial charge in [-0.05, 0) is 47.3 Å². The number of aliphatic hydroxyl groups is 1. The van der Waals surface area contributed by atoms with Crippen LogP contribution in [0.2, 0.25) is 0 Å². The maximum Gasteiger partial charge on any atom is 0.266 e. The predicted molar refractivity (Wildman–Crippen MR) is 164 cm³/mol. The lowest BCUT2D eigenvalue weighted by Gasteiger charge is -2.31. The Morgan fingerprint density at radius 1 is 1.00 bits per heavy atom. The van der Waals surface area contributed by atoms with Gasteiger partial charge in [-0.1, -0.05) is 58.8 Å². The van der Waals surface area contributed by atoms with Gasteiger partial charge in [0, 0.05) is 72.0 Å². The Morgan fingerprint density at radius 3 is 2.43 bits per heavy atom. The highest BCUT2D eigenvalue weighted by atomic mass is 16.5. The molecule has 1 aliphatic rings. The fraction of sp³-hybridized carbons (Fsp3) is 0.333. The van der Waals surface area contributed by atoms with Crippen LogP contribution < -0.4 is 15.6 Å². The van der Waals surface area contributed by atoms with E-state index >= 15 is 0 Å². The van der Waals surface area contributed by atoms with Crippen LogP contribution in [0.1, 0.15) is 35.6 Å². The Hall–Kier alpha value is -5.10. The van der Waals surface area contributed by atoms with Gasteiger partial charge in [0.25, 0.3) is 5.91 Å². The second kappa shape index (κ2) is 15.9. The topological polar surface area (TPSA) is 199 Å². The Morgan fingerprint density at radius 2 is 1.70 bits per heavy atom. The summed E-state index contributed by atoms with van der Waals surface area (Å²) in [6, 6.07) is 20.8. The number of ether oxygens (including phenoxy) is 3. The van der Waals surface area contributed by atoms with E-state index in [-0.39, 0.29) is 24.6 Å². The number of benzene rings is 3.